The highest BCUT2D eigenvalue weighted by atomic mass is 35.5. The number of para-hydroxylation sites is 2. The molecule has 1 heterocycles. The molecule has 0 spiro atoms. The number of aromatic nitrogens is 2. The lowest BCUT2D eigenvalue weighted by Gasteiger charge is -2.16. The van der Waals surface area contributed by atoms with Crippen LogP contribution in [0.25, 0.3) is 11.3 Å². The summed E-state index contributed by atoms with van der Waals surface area (Å²) in [6, 6.07) is 18.6. The molecule has 1 aromatic heterocycles. The number of anilines is 4. The lowest BCUT2D eigenvalue weighted by Crippen LogP contribution is -2.00. The predicted molar refractivity (Wildman–Crippen MR) is 137 cm³/mol. The number of methoxy groups -OCH3 is 3. The molecule has 3 aromatic carbocycles. The fourth-order valence-corrected chi connectivity index (χ4v) is 3.93. The van der Waals surface area contributed by atoms with Crippen LogP contribution in [0.2, 0.25) is 10.0 Å². The monoisotopic (exact) mass is 496 g/mol. The Morgan fingerprint density at radius 1 is 0.735 bits per heavy atom. The average molecular weight is 497 g/mol. The number of nitrogens with one attached hydrogen (secondary N) is 2. The van der Waals surface area contributed by atoms with Crippen molar-refractivity contribution in [2.45, 2.75) is 0 Å². The van der Waals surface area contributed by atoms with Gasteiger partial charge in [-0.25, -0.2) is 9.97 Å². The molecule has 0 aliphatic heterocycles. The number of benzene rings is 3. The number of nitrogens with zero attached hydrogens (tertiary/aromatic N) is 2. The summed E-state index contributed by atoms with van der Waals surface area (Å²) in [6.07, 6.45) is 1.49. The first kappa shape index (κ1) is 23.5. The third-order valence-electron chi connectivity index (χ3n) is 5.03. The van der Waals surface area contributed by atoms with Crippen LogP contribution in [-0.2, 0) is 0 Å². The molecule has 2 N–H and O–H groups in total. The van der Waals surface area contributed by atoms with Crippen molar-refractivity contribution < 1.29 is 14.2 Å². The van der Waals surface area contributed by atoms with Gasteiger partial charge in [0.1, 0.15) is 12.1 Å². The molecule has 9 heteroatoms. The second-order valence-corrected chi connectivity index (χ2v) is 7.91. The Balaban J connectivity index is 1.67. The van der Waals surface area contributed by atoms with E-state index in [1.54, 1.807) is 51.7 Å². The summed E-state index contributed by atoms with van der Waals surface area (Å²) in [7, 11) is 4.70. The van der Waals surface area contributed by atoms with Gasteiger partial charge >= 0.3 is 0 Å². The van der Waals surface area contributed by atoms with Gasteiger partial charge in [-0.15, -0.1) is 0 Å². The van der Waals surface area contributed by atoms with E-state index < -0.39 is 0 Å². The highest BCUT2D eigenvalue weighted by molar-refractivity contribution is 6.39. The van der Waals surface area contributed by atoms with Gasteiger partial charge in [-0.3, -0.25) is 0 Å². The van der Waals surface area contributed by atoms with Crippen molar-refractivity contribution in [3.8, 4) is 28.5 Å². The van der Waals surface area contributed by atoms with Crippen molar-refractivity contribution in [2.75, 3.05) is 32.0 Å². The van der Waals surface area contributed by atoms with Crippen LogP contribution in [0.15, 0.2) is 67.0 Å². The van der Waals surface area contributed by atoms with E-state index >= 15 is 0 Å². The normalized spacial score (nSPS) is 10.5. The summed E-state index contributed by atoms with van der Waals surface area (Å²) in [4.78, 5) is 8.82. The van der Waals surface area contributed by atoms with Gasteiger partial charge in [0.25, 0.3) is 0 Å². The Morgan fingerprint density at radius 3 is 2.06 bits per heavy atom. The van der Waals surface area contributed by atoms with Gasteiger partial charge in [0.2, 0.25) is 5.75 Å². The summed E-state index contributed by atoms with van der Waals surface area (Å²) in [6.45, 7) is 0. The van der Waals surface area contributed by atoms with E-state index in [4.69, 9.17) is 37.4 Å². The van der Waals surface area contributed by atoms with Gasteiger partial charge in [-0.2, -0.15) is 0 Å². The van der Waals surface area contributed by atoms with Crippen LogP contribution in [0, 0.1) is 0 Å². The first-order valence-electron chi connectivity index (χ1n) is 10.2. The molecule has 0 fully saturated rings. The van der Waals surface area contributed by atoms with E-state index in [9.17, 15) is 0 Å². The largest absolute Gasteiger partial charge is 0.493 e. The van der Waals surface area contributed by atoms with Gasteiger partial charge in [0, 0.05) is 35.1 Å². The minimum absolute atomic E-state index is 0.511. The Labute approximate surface area is 207 Å². The van der Waals surface area contributed by atoms with Crippen LogP contribution in [0.4, 0.5) is 22.9 Å². The zero-order valence-corrected chi connectivity index (χ0v) is 20.2. The molecule has 0 atom stereocenters. The van der Waals surface area contributed by atoms with Crippen LogP contribution < -0.4 is 24.8 Å². The molecule has 0 amide bonds. The van der Waals surface area contributed by atoms with E-state index in [0.29, 0.717) is 50.2 Å². The van der Waals surface area contributed by atoms with Crippen LogP contribution in [0.1, 0.15) is 0 Å². The fourth-order valence-electron chi connectivity index (χ4n) is 3.44. The Morgan fingerprint density at radius 2 is 1.41 bits per heavy atom. The van der Waals surface area contributed by atoms with Crippen molar-refractivity contribution in [2.24, 2.45) is 0 Å². The SMILES string of the molecule is COc1cc(Nc2cc(-c3ccccc3Nc3c(Cl)cccc3Cl)ncn2)cc(OC)c1OC. The minimum atomic E-state index is 0.511. The smallest absolute Gasteiger partial charge is 0.203 e. The molecule has 0 unspecified atom stereocenters. The Bertz CT molecular complexity index is 1270. The third kappa shape index (κ3) is 4.95. The lowest BCUT2D eigenvalue weighted by molar-refractivity contribution is 0.324. The van der Waals surface area contributed by atoms with Crippen molar-refractivity contribution >= 4 is 46.1 Å². The zero-order valence-electron chi connectivity index (χ0n) is 18.7. The molecule has 174 valence electrons. The molecule has 0 aliphatic rings. The second-order valence-electron chi connectivity index (χ2n) is 7.09. The Kier molecular flexibility index (Phi) is 7.25. The first-order valence-corrected chi connectivity index (χ1v) is 11.0. The molecule has 4 aromatic rings. The molecule has 0 saturated carbocycles. The van der Waals surface area contributed by atoms with E-state index in [1.165, 1.54) is 6.33 Å². The van der Waals surface area contributed by atoms with Crippen LogP contribution in [-0.4, -0.2) is 31.3 Å². The van der Waals surface area contributed by atoms with Gasteiger partial charge in [-0.05, 0) is 18.2 Å². The zero-order chi connectivity index (χ0) is 24.1. The molecule has 34 heavy (non-hydrogen) atoms. The molecular formula is C25H22Cl2N4O3. The fraction of sp³-hybridized carbons (Fsp3) is 0.120. The van der Waals surface area contributed by atoms with Crippen LogP contribution >= 0.6 is 23.2 Å². The summed E-state index contributed by atoms with van der Waals surface area (Å²) < 4.78 is 16.3. The van der Waals surface area contributed by atoms with E-state index in [0.717, 1.165) is 11.3 Å². The van der Waals surface area contributed by atoms with Crippen LogP contribution in [0.3, 0.4) is 0 Å². The van der Waals surface area contributed by atoms with E-state index in [1.807, 2.05) is 30.3 Å². The van der Waals surface area contributed by atoms with E-state index in [2.05, 4.69) is 20.6 Å². The molecule has 4 rings (SSSR count). The summed E-state index contributed by atoms with van der Waals surface area (Å²) in [5.74, 6) is 2.16. The van der Waals surface area contributed by atoms with E-state index in [-0.39, 0.29) is 0 Å². The maximum atomic E-state index is 6.35. The Hall–Kier alpha value is -3.68. The summed E-state index contributed by atoms with van der Waals surface area (Å²) in [5, 5.41) is 7.65. The van der Waals surface area contributed by atoms with Gasteiger partial charge in [0.05, 0.1) is 42.8 Å². The average Bonchev–Trinajstić information content (AvgIpc) is 2.86. The predicted octanol–water partition coefficient (Wildman–Crippen LogP) is 6.96. The quantitative estimate of drug-likeness (QED) is 0.272. The second kappa shape index (κ2) is 10.5. The number of halogens is 2. The van der Waals surface area contributed by atoms with Gasteiger partial charge in [-0.1, -0.05) is 47.5 Å². The number of ether oxygens (including phenoxy) is 3. The topological polar surface area (TPSA) is 77.5 Å². The molecule has 0 saturated heterocycles. The number of hydrogen-bond acceptors (Lipinski definition) is 7. The highest BCUT2D eigenvalue weighted by Crippen LogP contribution is 2.41. The highest BCUT2D eigenvalue weighted by Gasteiger charge is 2.15. The molecule has 0 bridgehead atoms. The standard InChI is InChI=1S/C25H22Cl2N4O3/c1-32-21-11-15(12-22(33-2)25(21)34-3)30-23-13-20(28-14-29-23)16-7-4-5-10-19(16)31-24-17(26)8-6-9-18(24)27/h4-14,31H,1-3H3,(H,28,29,30). The van der Waals surface area contributed by atoms with Crippen molar-refractivity contribution in [3.05, 3.63) is 77.0 Å². The lowest BCUT2D eigenvalue weighted by atomic mass is 10.1. The van der Waals surface area contributed by atoms with Crippen molar-refractivity contribution in [1.82, 2.24) is 9.97 Å². The molecule has 7 nitrogen and oxygen atoms in total. The molecule has 0 aliphatic carbocycles. The number of rotatable bonds is 8. The third-order valence-corrected chi connectivity index (χ3v) is 5.66. The van der Waals surface area contributed by atoms with Crippen LogP contribution in [0.5, 0.6) is 17.2 Å². The van der Waals surface area contributed by atoms with Gasteiger partial charge < -0.3 is 24.8 Å². The first-order chi connectivity index (χ1) is 16.5. The number of hydrogen-bond donors (Lipinski definition) is 2. The summed E-state index contributed by atoms with van der Waals surface area (Å²) >= 11 is 12.7. The summed E-state index contributed by atoms with van der Waals surface area (Å²) in [5.41, 5.74) is 3.71. The maximum absolute atomic E-state index is 6.35. The van der Waals surface area contributed by atoms with Crippen molar-refractivity contribution in [1.29, 1.82) is 0 Å². The molecule has 0 radical (unpaired) electrons. The van der Waals surface area contributed by atoms with Crippen molar-refractivity contribution in [3.63, 3.8) is 0 Å². The van der Waals surface area contributed by atoms with Gasteiger partial charge in [0.15, 0.2) is 11.5 Å². The maximum Gasteiger partial charge on any atom is 0.203 e. The minimum Gasteiger partial charge on any atom is -0.493 e. The molecular weight excluding hydrogens is 475 g/mol.